The Hall–Kier alpha value is -2.62. The number of thiophene rings is 1. The maximum Gasteiger partial charge on any atom is 0.268 e. The van der Waals surface area contributed by atoms with Gasteiger partial charge >= 0.3 is 0 Å². The molecule has 3 aromatic rings. The van der Waals surface area contributed by atoms with Crippen LogP contribution in [-0.4, -0.2) is 11.8 Å². The van der Waals surface area contributed by atoms with Crippen LogP contribution in [0.25, 0.3) is 0 Å². The standard InChI is InChI=1S/C19H15BrClFN4O2S/c1-8-10(21)3-2-4-12(8)26-19-14(17(24)27)15(23)16(29-19)18(28)25-13-6-5-9(20)7-11(13)22/h2-7,26H,23H2,1H3,(H2,24,27)(H,25,28). The molecule has 0 aliphatic heterocycles. The number of nitrogen functional groups attached to an aromatic ring is 1. The number of halogens is 3. The van der Waals surface area contributed by atoms with Crippen molar-refractivity contribution in [3.8, 4) is 0 Å². The van der Waals surface area contributed by atoms with Gasteiger partial charge in [-0.3, -0.25) is 9.59 Å². The van der Waals surface area contributed by atoms with E-state index in [0.29, 0.717) is 20.2 Å². The Morgan fingerprint density at radius 2 is 1.93 bits per heavy atom. The van der Waals surface area contributed by atoms with E-state index in [1.165, 1.54) is 12.1 Å². The second kappa shape index (κ2) is 8.40. The predicted octanol–water partition coefficient (Wildman–Crippen LogP) is 5.29. The highest BCUT2D eigenvalue weighted by molar-refractivity contribution is 9.10. The molecule has 0 aliphatic carbocycles. The van der Waals surface area contributed by atoms with Crippen molar-refractivity contribution in [2.75, 3.05) is 16.4 Å². The lowest BCUT2D eigenvalue weighted by Gasteiger charge is -2.10. The molecular formula is C19H15BrClFN4O2S. The van der Waals surface area contributed by atoms with Crippen LogP contribution >= 0.6 is 38.9 Å². The number of primary amides is 1. The lowest BCUT2D eigenvalue weighted by Crippen LogP contribution is -2.16. The molecule has 6 N–H and O–H groups in total. The number of nitrogens with one attached hydrogen (secondary N) is 2. The highest BCUT2D eigenvalue weighted by atomic mass is 79.9. The summed E-state index contributed by atoms with van der Waals surface area (Å²) in [6, 6.07) is 9.44. The maximum atomic E-state index is 14.0. The molecule has 29 heavy (non-hydrogen) atoms. The molecular weight excluding hydrogens is 483 g/mol. The van der Waals surface area contributed by atoms with Gasteiger partial charge in [-0.15, -0.1) is 11.3 Å². The molecule has 3 rings (SSSR count). The Kier molecular flexibility index (Phi) is 6.11. The predicted molar refractivity (Wildman–Crippen MR) is 119 cm³/mol. The third-order valence-corrected chi connectivity index (χ3v) is 6.12. The first kappa shape index (κ1) is 21.1. The van der Waals surface area contributed by atoms with Crippen LogP contribution in [0.1, 0.15) is 25.6 Å². The molecule has 150 valence electrons. The van der Waals surface area contributed by atoms with Crippen molar-refractivity contribution in [3.63, 3.8) is 0 Å². The molecule has 0 spiro atoms. The van der Waals surface area contributed by atoms with Crippen LogP contribution in [-0.2, 0) is 0 Å². The van der Waals surface area contributed by atoms with E-state index < -0.39 is 17.6 Å². The normalized spacial score (nSPS) is 10.6. The fourth-order valence-electron chi connectivity index (χ4n) is 2.58. The van der Waals surface area contributed by atoms with Gasteiger partial charge in [-0.1, -0.05) is 33.6 Å². The summed E-state index contributed by atoms with van der Waals surface area (Å²) in [5, 5.41) is 6.33. The molecule has 2 aromatic carbocycles. The summed E-state index contributed by atoms with van der Waals surface area (Å²) in [4.78, 5) is 24.7. The summed E-state index contributed by atoms with van der Waals surface area (Å²) >= 11 is 10.2. The van der Waals surface area contributed by atoms with E-state index in [-0.39, 0.29) is 21.8 Å². The monoisotopic (exact) mass is 496 g/mol. The van der Waals surface area contributed by atoms with Gasteiger partial charge < -0.3 is 22.1 Å². The van der Waals surface area contributed by atoms with Crippen molar-refractivity contribution in [2.45, 2.75) is 6.92 Å². The first-order valence-corrected chi connectivity index (χ1v) is 10.2. The Bertz CT molecular complexity index is 1140. The lowest BCUT2D eigenvalue weighted by atomic mass is 10.2. The zero-order valence-electron chi connectivity index (χ0n) is 15.0. The highest BCUT2D eigenvalue weighted by Crippen LogP contribution is 2.39. The summed E-state index contributed by atoms with van der Waals surface area (Å²) in [6.07, 6.45) is 0. The van der Waals surface area contributed by atoms with Gasteiger partial charge in [0.15, 0.2) is 0 Å². The third-order valence-electron chi connectivity index (χ3n) is 4.09. The van der Waals surface area contributed by atoms with Gasteiger partial charge in [0.25, 0.3) is 11.8 Å². The fourth-order valence-corrected chi connectivity index (χ4v) is 4.12. The van der Waals surface area contributed by atoms with Crippen LogP contribution < -0.4 is 22.1 Å². The van der Waals surface area contributed by atoms with Crippen molar-refractivity contribution in [2.24, 2.45) is 5.73 Å². The summed E-state index contributed by atoms with van der Waals surface area (Å²) in [5.74, 6) is -2.08. The number of hydrogen-bond donors (Lipinski definition) is 4. The number of carbonyl (C=O) groups is 2. The molecule has 1 heterocycles. The quantitative estimate of drug-likeness (QED) is 0.384. The number of rotatable bonds is 5. The molecule has 0 atom stereocenters. The van der Waals surface area contributed by atoms with Gasteiger partial charge in [0.1, 0.15) is 15.7 Å². The first-order valence-electron chi connectivity index (χ1n) is 8.19. The Morgan fingerprint density at radius 3 is 2.59 bits per heavy atom. The molecule has 0 unspecified atom stereocenters. The number of carbonyl (C=O) groups excluding carboxylic acids is 2. The van der Waals surface area contributed by atoms with Gasteiger partial charge in [-0.2, -0.15) is 0 Å². The number of benzene rings is 2. The van der Waals surface area contributed by atoms with Gasteiger partial charge in [0.2, 0.25) is 0 Å². The minimum absolute atomic E-state index is 0.0178. The molecule has 0 saturated heterocycles. The van der Waals surface area contributed by atoms with Gasteiger partial charge in [0, 0.05) is 15.2 Å². The van der Waals surface area contributed by atoms with E-state index in [1.54, 1.807) is 31.2 Å². The number of amides is 2. The zero-order valence-corrected chi connectivity index (χ0v) is 18.1. The van der Waals surface area contributed by atoms with Gasteiger partial charge in [-0.05, 0) is 42.8 Å². The molecule has 0 radical (unpaired) electrons. The number of anilines is 4. The average molecular weight is 498 g/mol. The largest absolute Gasteiger partial charge is 0.397 e. The second-order valence-electron chi connectivity index (χ2n) is 6.03. The molecule has 0 aliphatic rings. The van der Waals surface area contributed by atoms with Crippen molar-refractivity contribution in [1.29, 1.82) is 0 Å². The smallest absolute Gasteiger partial charge is 0.268 e. The van der Waals surface area contributed by atoms with E-state index in [2.05, 4.69) is 26.6 Å². The molecule has 1 aromatic heterocycles. The Morgan fingerprint density at radius 1 is 1.21 bits per heavy atom. The minimum atomic E-state index is -0.796. The van der Waals surface area contributed by atoms with E-state index in [9.17, 15) is 14.0 Å². The zero-order chi connectivity index (χ0) is 21.3. The Balaban J connectivity index is 1.98. The van der Waals surface area contributed by atoms with E-state index in [4.69, 9.17) is 23.1 Å². The van der Waals surface area contributed by atoms with Crippen LogP contribution in [0.2, 0.25) is 5.02 Å². The first-order chi connectivity index (χ1) is 13.7. The molecule has 0 fully saturated rings. The maximum absolute atomic E-state index is 14.0. The average Bonchev–Trinajstić information content (AvgIpc) is 2.97. The fraction of sp³-hybridized carbons (Fsp3) is 0.0526. The van der Waals surface area contributed by atoms with Crippen molar-refractivity contribution >= 4 is 72.7 Å². The number of hydrogen-bond acceptors (Lipinski definition) is 5. The van der Waals surface area contributed by atoms with Crippen LogP contribution in [0.3, 0.4) is 0 Å². The third kappa shape index (κ3) is 4.36. The van der Waals surface area contributed by atoms with Crippen molar-refractivity contribution in [3.05, 3.63) is 67.7 Å². The molecule has 2 amide bonds. The summed E-state index contributed by atoms with van der Waals surface area (Å²) < 4.78 is 14.6. The van der Waals surface area contributed by atoms with Crippen molar-refractivity contribution in [1.82, 2.24) is 0 Å². The van der Waals surface area contributed by atoms with Crippen LogP contribution in [0, 0.1) is 12.7 Å². The minimum Gasteiger partial charge on any atom is -0.397 e. The summed E-state index contributed by atoms with van der Waals surface area (Å²) in [7, 11) is 0. The van der Waals surface area contributed by atoms with E-state index in [0.717, 1.165) is 16.9 Å². The summed E-state index contributed by atoms with van der Waals surface area (Å²) in [6.45, 7) is 1.80. The SMILES string of the molecule is Cc1c(Cl)cccc1Nc1sc(C(=O)Nc2ccc(Br)cc2F)c(N)c1C(N)=O. The van der Waals surface area contributed by atoms with E-state index >= 15 is 0 Å². The van der Waals surface area contributed by atoms with Crippen LogP contribution in [0.5, 0.6) is 0 Å². The lowest BCUT2D eigenvalue weighted by molar-refractivity contribution is 0.100. The molecule has 6 nitrogen and oxygen atoms in total. The van der Waals surface area contributed by atoms with Gasteiger partial charge in [-0.25, -0.2) is 4.39 Å². The number of nitrogens with two attached hydrogens (primary N) is 2. The van der Waals surface area contributed by atoms with Crippen LogP contribution in [0.4, 0.5) is 26.5 Å². The second-order valence-corrected chi connectivity index (χ2v) is 8.37. The molecule has 10 heteroatoms. The van der Waals surface area contributed by atoms with Crippen molar-refractivity contribution < 1.29 is 14.0 Å². The topological polar surface area (TPSA) is 110 Å². The Labute approximate surface area is 183 Å². The molecule has 0 bridgehead atoms. The van der Waals surface area contributed by atoms with E-state index in [1.807, 2.05) is 0 Å². The van der Waals surface area contributed by atoms with Gasteiger partial charge in [0.05, 0.1) is 16.9 Å². The van der Waals surface area contributed by atoms with Crippen LogP contribution in [0.15, 0.2) is 40.9 Å². The highest BCUT2D eigenvalue weighted by Gasteiger charge is 2.25. The summed E-state index contributed by atoms with van der Waals surface area (Å²) in [5.41, 5.74) is 12.8. The molecule has 0 saturated carbocycles.